The second-order valence-corrected chi connectivity index (χ2v) is 5.03. The first-order valence-corrected chi connectivity index (χ1v) is 5.92. The maximum atomic E-state index is 9.61. The summed E-state index contributed by atoms with van der Waals surface area (Å²) in [7, 11) is 0. The normalized spacial score (nSPS) is 16.0. The molecule has 0 fully saturated rings. The Morgan fingerprint density at radius 2 is 1.67 bits per heavy atom. The second-order valence-electron chi connectivity index (χ2n) is 5.03. The highest BCUT2D eigenvalue weighted by Crippen LogP contribution is 2.00. The third-order valence-electron chi connectivity index (χ3n) is 2.44. The van der Waals surface area contributed by atoms with Gasteiger partial charge in [0.25, 0.3) is 0 Å². The zero-order valence-corrected chi connectivity index (χ0v) is 10.8. The van der Waals surface area contributed by atoms with Gasteiger partial charge in [-0.2, -0.15) is 0 Å². The number of aliphatic hydroxyl groups is 1. The Labute approximate surface area is 94.2 Å². The molecule has 2 N–H and O–H groups in total. The molecule has 0 spiro atoms. The molecule has 0 aromatic heterocycles. The molecular weight excluding hydrogens is 190 g/mol. The fraction of sp³-hybridized carbons (Fsp3) is 1.00. The van der Waals surface area contributed by atoms with Crippen molar-refractivity contribution in [3.8, 4) is 0 Å². The number of hydrogen-bond acceptors (Lipinski definition) is 3. The average Bonchev–Trinajstić information content (AvgIpc) is 2.13. The van der Waals surface area contributed by atoms with Crippen LogP contribution in [0.1, 0.15) is 34.6 Å². The highest BCUT2D eigenvalue weighted by molar-refractivity contribution is 4.67. The van der Waals surface area contributed by atoms with E-state index in [1.807, 2.05) is 0 Å². The van der Waals surface area contributed by atoms with Gasteiger partial charge in [-0.1, -0.05) is 27.7 Å². The summed E-state index contributed by atoms with van der Waals surface area (Å²) in [5.74, 6) is 1.12. The van der Waals surface area contributed by atoms with Crippen LogP contribution in [-0.2, 0) is 4.74 Å². The van der Waals surface area contributed by atoms with Crippen molar-refractivity contribution in [2.75, 3.05) is 19.8 Å². The molecule has 0 amide bonds. The Morgan fingerprint density at radius 3 is 2.13 bits per heavy atom. The van der Waals surface area contributed by atoms with Gasteiger partial charge >= 0.3 is 0 Å². The first-order valence-electron chi connectivity index (χ1n) is 5.92. The molecule has 0 saturated heterocycles. The van der Waals surface area contributed by atoms with E-state index in [0.717, 1.165) is 6.61 Å². The molecule has 0 bridgehead atoms. The van der Waals surface area contributed by atoms with Crippen molar-refractivity contribution in [3.05, 3.63) is 0 Å². The number of nitrogens with one attached hydrogen (secondary N) is 1. The molecule has 0 radical (unpaired) electrons. The maximum absolute atomic E-state index is 9.61. The van der Waals surface area contributed by atoms with Gasteiger partial charge in [0, 0.05) is 19.2 Å². The highest BCUT2D eigenvalue weighted by atomic mass is 16.5. The third kappa shape index (κ3) is 8.85. The summed E-state index contributed by atoms with van der Waals surface area (Å²) in [4.78, 5) is 0. The van der Waals surface area contributed by atoms with Crippen molar-refractivity contribution in [2.24, 2.45) is 11.8 Å². The van der Waals surface area contributed by atoms with Crippen molar-refractivity contribution >= 4 is 0 Å². The van der Waals surface area contributed by atoms with E-state index in [1.165, 1.54) is 0 Å². The van der Waals surface area contributed by atoms with Crippen molar-refractivity contribution in [3.63, 3.8) is 0 Å². The standard InChI is InChI=1S/C12H27NO2/c1-9(2)7-15-8-12(14)6-13-11(5)10(3)4/h9-14H,6-8H2,1-5H3. The minimum atomic E-state index is -0.398. The van der Waals surface area contributed by atoms with E-state index in [4.69, 9.17) is 4.74 Å². The van der Waals surface area contributed by atoms with Crippen molar-refractivity contribution in [1.82, 2.24) is 5.32 Å². The molecule has 0 aromatic rings. The Balaban J connectivity index is 3.44. The van der Waals surface area contributed by atoms with Crippen LogP contribution in [0.25, 0.3) is 0 Å². The summed E-state index contributed by atoms with van der Waals surface area (Å²) in [5.41, 5.74) is 0. The molecule has 0 aliphatic carbocycles. The van der Waals surface area contributed by atoms with Crippen LogP contribution in [0.2, 0.25) is 0 Å². The number of ether oxygens (including phenoxy) is 1. The van der Waals surface area contributed by atoms with Gasteiger partial charge in [0.15, 0.2) is 0 Å². The van der Waals surface area contributed by atoms with Crippen LogP contribution >= 0.6 is 0 Å². The van der Waals surface area contributed by atoms with Gasteiger partial charge in [-0.3, -0.25) is 0 Å². The quantitative estimate of drug-likeness (QED) is 0.649. The van der Waals surface area contributed by atoms with E-state index in [2.05, 4.69) is 39.9 Å². The molecule has 3 heteroatoms. The lowest BCUT2D eigenvalue weighted by atomic mass is 10.1. The van der Waals surface area contributed by atoms with Crippen LogP contribution in [0.15, 0.2) is 0 Å². The SMILES string of the molecule is CC(C)COCC(O)CNC(C)C(C)C. The summed E-state index contributed by atoms with van der Waals surface area (Å²) in [6, 6.07) is 0.435. The van der Waals surface area contributed by atoms with Crippen LogP contribution in [-0.4, -0.2) is 37.0 Å². The van der Waals surface area contributed by atoms with E-state index < -0.39 is 6.10 Å². The maximum Gasteiger partial charge on any atom is 0.0897 e. The second kappa shape index (κ2) is 8.08. The number of aliphatic hydroxyl groups excluding tert-OH is 1. The van der Waals surface area contributed by atoms with Gasteiger partial charge in [-0.15, -0.1) is 0 Å². The lowest BCUT2D eigenvalue weighted by Crippen LogP contribution is -2.38. The van der Waals surface area contributed by atoms with E-state index in [0.29, 0.717) is 31.0 Å². The molecule has 0 saturated carbocycles. The van der Waals surface area contributed by atoms with Gasteiger partial charge < -0.3 is 15.2 Å². The summed E-state index contributed by atoms with van der Waals surface area (Å²) in [5, 5.41) is 12.9. The van der Waals surface area contributed by atoms with Crippen LogP contribution in [0.5, 0.6) is 0 Å². The molecule has 0 aliphatic heterocycles. The molecule has 0 heterocycles. The molecule has 3 nitrogen and oxygen atoms in total. The smallest absolute Gasteiger partial charge is 0.0897 e. The molecule has 0 rings (SSSR count). The minimum absolute atomic E-state index is 0.398. The van der Waals surface area contributed by atoms with Crippen LogP contribution in [0.4, 0.5) is 0 Å². The monoisotopic (exact) mass is 217 g/mol. The van der Waals surface area contributed by atoms with E-state index in [1.54, 1.807) is 0 Å². The number of rotatable bonds is 8. The van der Waals surface area contributed by atoms with Crippen molar-refractivity contribution < 1.29 is 9.84 Å². The summed E-state index contributed by atoms with van der Waals surface area (Å²) >= 11 is 0. The van der Waals surface area contributed by atoms with Gasteiger partial charge in [-0.05, 0) is 18.8 Å². The summed E-state index contributed by atoms with van der Waals surface area (Å²) < 4.78 is 5.36. The zero-order valence-electron chi connectivity index (χ0n) is 10.8. The van der Waals surface area contributed by atoms with E-state index in [9.17, 15) is 5.11 Å². The predicted molar refractivity (Wildman–Crippen MR) is 64.0 cm³/mol. The fourth-order valence-corrected chi connectivity index (χ4v) is 1.06. The zero-order chi connectivity index (χ0) is 11.8. The predicted octanol–water partition coefficient (Wildman–Crippen LogP) is 1.65. The first kappa shape index (κ1) is 14.9. The van der Waals surface area contributed by atoms with Crippen LogP contribution in [0.3, 0.4) is 0 Å². The largest absolute Gasteiger partial charge is 0.389 e. The average molecular weight is 217 g/mol. The molecule has 2 atom stereocenters. The Hall–Kier alpha value is -0.120. The van der Waals surface area contributed by atoms with E-state index in [-0.39, 0.29) is 0 Å². The van der Waals surface area contributed by atoms with Gasteiger partial charge in [0.05, 0.1) is 12.7 Å². The lowest BCUT2D eigenvalue weighted by molar-refractivity contribution is 0.0246. The fourth-order valence-electron chi connectivity index (χ4n) is 1.06. The topological polar surface area (TPSA) is 41.5 Å². The van der Waals surface area contributed by atoms with Crippen LogP contribution < -0.4 is 5.32 Å². The Morgan fingerprint density at radius 1 is 1.07 bits per heavy atom. The third-order valence-corrected chi connectivity index (χ3v) is 2.44. The van der Waals surface area contributed by atoms with Crippen LogP contribution in [0, 0.1) is 11.8 Å². The molecule has 0 aliphatic rings. The Kier molecular flexibility index (Phi) is 8.02. The molecule has 92 valence electrons. The summed E-state index contributed by atoms with van der Waals surface area (Å²) in [6.45, 7) is 12.4. The molecule has 2 unspecified atom stereocenters. The first-order chi connectivity index (χ1) is 6.93. The minimum Gasteiger partial charge on any atom is -0.389 e. The summed E-state index contributed by atoms with van der Waals surface area (Å²) in [6.07, 6.45) is -0.398. The lowest BCUT2D eigenvalue weighted by Gasteiger charge is -2.20. The van der Waals surface area contributed by atoms with Crippen molar-refractivity contribution in [1.29, 1.82) is 0 Å². The molecule has 0 aromatic carbocycles. The van der Waals surface area contributed by atoms with Gasteiger partial charge in [-0.25, -0.2) is 0 Å². The van der Waals surface area contributed by atoms with Gasteiger partial charge in [0.1, 0.15) is 0 Å². The van der Waals surface area contributed by atoms with E-state index >= 15 is 0 Å². The molecule has 15 heavy (non-hydrogen) atoms. The highest BCUT2D eigenvalue weighted by Gasteiger charge is 2.09. The Bertz CT molecular complexity index is 149. The van der Waals surface area contributed by atoms with Crippen molar-refractivity contribution in [2.45, 2.75) is 46.8 Å². The number of hydrogen-bond donors (Lipinski definition) is 2. The van der Waals surface area contributed by atoms with Gasteiger partial charge in [0.2, 0.25) is 0 Å². The molecular formula is C12H27NO2.